The van der Waals surface area contributed by atoms with E-state index >= 15 is 0 Å². The normalized spacial score (nSPS) is 13.7. The average molecular weight is 564 g/mol. The molecule has 0 spiro atoms. The van der Waals surface area contributed by atoms with Gasteiger partial charge in [-0.05, 0) is 108 Å². The molecule has 0 fully saturated rings. The van der Waals surface area contributed by atoms with Gasteiger partial charge in [0.1, 0.15) is 0 Å². The minimum atomic E-state index is -3.77. The summed E-state index contributed by atoms with van der Waals surface area (Å²) in [5.74, 6) is 0.485. The first-order valence-corrected chi connectivity index (χ1v) is 15.5. The molecule has 2 heterocycles. The Bertz CT molecular complexity index is 1320. The Kier molecular flexibility index (Phi) is 8.14. The van der Waals surface area contributed by atoms with E-state index in [9.17, 15) is 8.42 Å². The van der Waals surface area contributed by atoms with Gasteiger partial charge in [0.05, 0.1) is 9.79 Å². The summed E-state index contributed by atoms with van der Waals surface area (Å²) in [5.41, 5.74) is 3.19. The molecule has 4 rings (SSSR count). The summed E-state index contributed by atoms with van der Waals surface area (Å²) >= 11 is 16.6. The van der Waals surface area contributed by atoms with Gasteiger partial charge in [-0.15, -0.1) is 22.7 Å². The van der Waals surface area contributed by atoms with Crippen LogP contribution in [0.3, 0.4) is 0 Å². The van der Waals surface area contributed by atoms with Crippen molar-refractivity contribution < 1.29 is 8.42 Å². The second kappa shape index (κ2) is 10.8. The van der Waals surface area contributed by atoms with Crippen LogP contribution in [0, 0.1) is 13.8 Å². The minimum absolute atomic E-state index is 0.242. The molecular weight excluding hydrogens is 535 g/mol. The number of thiophene rings is 2. The molecule has 2 unspecified atom stereocenters. The third-order valence-electron chi connectivity index (χ3n) is 6.64. The van der Waals surface area contributed by atoms with Gasteiger partial charge >= 0.3 is 0 Å². The first-order chi connectivity index (χ1) is 16.6. The molecule has 4 aromatic rings. The Morgan fingerprint density at radius 1 is 0.714 bits per heavy atom. The van der Waals surface area contributed by atoms with Crippen molar-refractivity contribution in [1.29, 1.82) is 0 Å². The molecule has 0 saturated heterocycles. The van der Waals surface area contributed by atoms with Crippen molar-refractivity contribution in [2.45, 2.75) is 62.2 Å². The maximum absolute atomic E-state index is 13.9. The van der Waals surface area contributed by atoms with Gasteiger partial charge in [-0.3, -0.25) is 0 Å². The van der Waals surface area contributed by atoms with Gasteiger partial charge in [0, 0.05) is 19.8 Å². The molecule has 0 saturated carbocycles. The second-order valence-corrected chi connectivity index (χ2v) is 13.7. The minimum Gasteiger partial charge on any atom is -0.218 e. The largest absolute Gasteiger partial charge is 0.218 e. The van der Waals surface area contributed by atoms with Crippen LogP contribution in [0.4, 0.5) is 0 Å². The molecule has 0 aliphatic rings. The molecular formula is C28H28Cl2O2S3. The van der Waals surface area contributed by atoms with Gasteiger partial charge in [0.15, 0.2) is 0 Å². The number of halogens is 2. The molecule has 2 nitrogen and oxygen atoms in total. The monoisotopic (exact) mass is 562 g/mol. The zero-order chi connectivity index (χ0) is 25.3. The zero-order valence-corrected chi connectivity index (χ0v) is 24.1. The molecule has 0 aliphatic heterocycles. The predicted octanol–water partition coefficient (Wildman–Crippen LogP) is 9.26. The molecule has 184 valence electrons. The fourth-order valence-electron chi connectivity index (χ4n) is 4.56. The Balaban J connectivity index is 1.73. The molecule has 0 amide bonds. The Morgan fingerprint density at radius 3 is 1.46 bits per heavy atom. The van der Waals surface area contributed by atoms with E-state index in [0.717, 1.165) is 11.1 Å². The fourth-order valence-corrected chi connectivity index (χ4v) is 8.49. The maximum atomic E-state index is 13.9. The summed E-state index contributed by atoms with van der Waals surface area (Å²) in [6, 6.07) is 15.0. The Hall–Kier alpha value is -1.63. The van der Waals surface area contributed by atoms with E-state index in [1.54, 1.807) is 46.9 Å². The van der Waals surface area contributed by atoms with Gasteiger partial charge in [0.25, 0.3) is 0 Å². The summed E-state index contributed by atoms with van der Waals surface area (Å²) < 4.78 is 27.9. The average Bonchev–Trinajstić information content (AvgIpc) is 3.53. The molecule has 0 bridgehead atoms. The Labute approximate surface area is 226 Å². The first-order valence-electron chi connectivity index (χ1n) is 11.5. The van der Waals surface area contributed by atoms with Crippen molar-refractivity contribution >= 4 is 55.7 Å². The van der Waals surface area contributed by atoms with Crippen LogP contribution in [-0.4, -0.2) is 8.42 Å². The standard InChI is InChI=1S/C28H28Cl2O2S3/c1-17(25-7-5-13-33-25)15-21-19(3)27(11-9-23(21)29)35(31,32)28-12-10-24(30)22(20(28)4)16-18(2)26-8-6-14-34-26/h5-14,17-18H,15-16H2,1-4H3. The van der Waals surface area contributed by atoms with Crippen molar-refractivity contribution in [3.8, 4) is 0 Å². The molecule has 7 heteroatoms. The van der Waals surface area contributed by atoms with E-state index in [1.807, 2.05) is 26.0 Å². The van der Waals surface area contributed by atoms with Crippen LogP contribution in [0.5, 0.6) is 0 Å². The van der Waals surface area contributed by atoms with Crippen molar-refractivity contribution in [3.05, 3.63) is 101 Å². The lowest BCUT2D eigenvalue weighted by molar-refractivity contribution is 0.594. The van der Waals surface area contributed by atoms with Crippen LogP contribution < -0.4 is 0 Å². The molecule has 2 aromatic carbocycles. The first kappa shape index (κ1) is 26.4. The van der Waals surface area contributed by atoms with Gasteiger partial charge in [-0.1, -0.05) is 49.2 Å². The molecule has 0 N–H and O–H groups in total. The number of sulfone groups is 1. The summed E-state index contributed by atoms with van der Waals surface area (Å²) in [6.45, 7) is 8.01. The van der Waals surface area contributed by atoms with E-state index in [0.29, 0.717) is 43.8 Å². The van der Waals surface area contributed by atoms with E-state index in [-0.39, 0.29) is 11.8 Å². The highest BCUT2D eigenvalue weighted by atomic mass is 35.5. The smallest absolute Gasteiger partial charge is 0.207 e. The van der Waals surface area contributed by atoms with Gasteiger partial charge in [-0.2, -0.15) is 0 Å². The lowest BCUT2D eigenvalue weighted by Crippen LogP contribution is -2.11. The SMILES string of the molecule is Cc1c(S(=O)(=O)c2ccc(Cl)c(CC(C)c3cccs3)c2C)ccc(Cl)c1CC(C)c1cccs1. The van der Waals surface area contributed by atoms with Gasteiger partial charge in [0.2, 0.25) is 9.84 Å². The van der Waals surface area contributed by atoms with Crippen molar-refractivity contribution in [2.75, 3.05) is 0 Å². The topological polar surface area (TPSA) is 34.1 Å². The van der Waals surface area contributed by atoms with Crippen LogP contribution in [0.1, 0.15) is 57.7 Å². The summed E-state index contributed by atoms with van der Waals surface area (Å²) in [4.78, 5) is 3.12. The van der Waals surface area contributed by atoms with Crippen LogP contribution in [0.25, 0.3) is 0 Å². The second-order valence-electron chi connectivity index (χ2n) is 9.04. The number of hydrogen-bond donors (Lipinski definition) is 0. The highest BCUT2D eigenvalue weighted by Gasteiger charge is 2.27. The van der Waals surface area contributed by atoms with Crippen molar-refractivity contribution in [2.24, 2.45) is 0 Å². The lowest BCUT2D eigenvalue weighted by Gasteiger charge is -2.19. The molecule has 2 aromatic heterocycles. The molecule has 0 aliphatic carbocycles. The van der Waals surface area contributed by atoms with E-state index in [1.165, 1.54) is 9.75 Å². The molecule has 2 atom stereocenters. The van der Waals surface area contributed by atoms with Crippen LogP contribution in [0.15, 0.2) is 69.1 Å². The number of rotatable bonds is 8. The van der Waals surface area contributed by atoms with E-state index in [2.05, 4.69) is 36.7 Å². The number of hydrogen-bond acceptors (Lipinski definition) is 4. The summed E-state index contributed by atoms with van der Waals surface area (Å²) in [5, 5.41) is 5.31. The van der Waals surface area contributed by atoms with E-state index < -0.39 is 9.84 Å². The van der Waals surface area contributed by atoms with Crippen LogP contribution in [0.2, 0.25) is 10.0 Å². The van der Waals surface area contributed by atoms with Crippen molar-refractivity contribution in [1.82, 2.24) is 0 Å². The maximum Gasteiger partial charge on any atom is 0.207 e. The summed E-state index contributed by atoms with van der Waals surface area (Å²) in [7, 11) is -3.77. The Morgan fingerprint density at radius 2 is 1.11 bits per heavy atom. The quantitative estimate of drug-likeness (QED) is 0.214. The third-order valence-corrected chi connectivity index (χ3v) is 11.6. The molecule has 35 heavy (non-hydrogen) atoms. The van der Waals surface area contributed by atoms with Crippen LogP contribution in [-0.2, 0) is 22.7 Å². The highest BCUT2D eigenvalue weighted by molar-refractivity contribution is 7.91. The van der Waals surface area contributed by atoms with Crippen molar-refractivity contribution in [3.63, 3.8) is 0 Å². The third kappa shape index (κ3) is 5.40. The number of benzene rings is 2. The molecule has 0 radical (unpaired) electrons. The van der Waals surface area contributed by atoms with Gasteiger partial charge in [-0.25, -0.2) is 8.42 Å². The highest BCUT2D eigenvalue weighted by Crippen LogP contribution is 2.37. The predicted molar refractivity (Wildman–Crippen MR) is 151 cm³/mol. The van der Waals surface area contributed by atoms with Crippen LogP contribution >= 0.6 is 45.9 Å². The van der Waals surface area contributed by atoms with E-state index in [4.69, 9.17) is 23.2 Å². The lowest BCUT2D eigenvalue weighted by atomic mass is 9.96. The fraction of sp³-hybridized carbons (Fsp3) is 0.286. The van der Waals surface area contributed by atoms with Gasteiger partial charge < -0.3 is 0 Å². The zero-order valence-electron chi connectivity index (χ0n) is 20.1. The summed E-state index contributed by atoms with van der Waals surface area (Å²) in [6.07, 6.45) is 1.36.